The lowest BCUT2D eigenvalue weighted by molar-refractivity contribution is 0.305. The van der Waals surface area contributed by atoms with E-state index in [-0.39, 0.29) is 0 Å². The van der Waals surface area contributed by atoms with Crippen LogP contribution in [0.2, 0.25) is 0 Å². The van der Waals surface area contributed by atoms with Gasteiger partial charge in [0.05, 0.1) is 12.7 Å². The molecule has 0 radical (unpaired) electrons. The van der Waals surface area contributed by atoms with E-state index in [2.05, 4.69) is 27.4 Å². The summed E-state index contributed by atoms with van der Waals surface area (Å²) in [6.45, 7) is 3.43. The van der Waals surface area contributed by atoms with Crippen molar-refractivity contribution in [2.75, 3.05) is 6.54 Å². The van der Waals surface area contributed by atoms with Crippen LogP contribution in [0, 0.1) is 5.92 Å². The largest absolute Gasteiger partial charge is 0.332 e. The van der Waals surface area contributed by atoms with Gasteiger partial charge in [0, 0.05) is 12.5 Å². The zero-order valence-corrected chi connectivity index (χ0v) is 12.4. The van der Waals surface area contributed by atoms with Crippen molar-refractivity contribution >= 4 is 0 Å². The first kappa shape index (κ1) is 14.2. The van der Waals surface area contributed by atoms with Gasteiger partial charge in [0.2, 0.25) is 0 Å². The van der Waals surface area contributed by atoms with Crippen molar-refractivity contribution in [3.05, 3.63) is 12.0 Å². The maximum atomic E-state index is 5.49. The lowest BCUT2D eigenvalue weighted by Gasteiger charge is -2.25. The Morgan fingerprint density at radius 1 is 1.33 bits per heavy atom. The molecule has 1 aliphatic carbocycles. The highest BCUT2D eigenvalue weighted by molar-refractivity contribution is 5.43. The van der Waals surface area contributed by atoms with Crippen molar-refractivity contribution < 1.29 is 4.52 Å². The van der Waals surface area contributed by atoms with Gasteiger partial charge in [-0.25, -0.2) is 0 Å². The van der Waals surface area contributed by atoms with Gasteiger partial charge >= 0.3 is 0 Å². The number of hydrogen-bond donors (Lipinski definition) is 1. The molecule has 1 saturated carbocycles. The zero-order valence-electron chi connectivity index (χ0n) is 12.4. The summed E-state index contributed by atoms with van der Waals surface area (Å²) in [6.07, 6.45) is 7.89. The number of rotatable bonds is 5. The molecule has 3 rings (SSSR count). The van der Waals surface area contributed by atoms with Gasteiger partial charge in [-0.3, -0.25) is 4.68 Å². The second kappa shape index (κ2) is 6.34. The summed E-state index contributed by atoms with van der Waals surface area (Å²) >= 11 is 0. The molecule has 0 aliphatic heterocycles. The fourth-order valence-electron chi connectivity index (χ4n) is 2.97. The first-order valence-electron chi connectivity index (χ1n) is 7.74. The van der Waals surface area contributed by atoms with Crippen LogP contribution in [0.1, 0.15) is 50.8 Å². The third-order valence-electron chi connectivity index (χ3n) is 4.35. The molecule has 0 amide bonds. The highest BCUT2D eigenvalue weighted by atomic mass is 16.5. The molecule has 0 atom stereocenters. The molecule has 2 aromatic rings. The number of aromatic nitrogens is 5. The molecule has 21 heavy (non-hydrogen) atoms. The van der Waals surface area contributed by atoms with E-state index in [1.807, 2.05) is 0 Å². The van der Waals surface area contributed by atoms with Crippen molar-refractivity contribution in [1.82, 2.24) is 25.1 Å². The summed E-state index contributed by atoms with van der Waals surface area (Å²) in [5.74, 6) is 2.55. The van der Waals surface area contributed by atoms with Crippen molar-refractivity contribution in [1.29, 1.82) is 0 Å². The molecule has 2 heterocycles. The van der Waals surface area contributed by atoms with Crippen LogP contribution in [0.3, 0.4) is 0 Å². The third kappa shape index (κ3) is 3.12. The summed E-state index contributed by atoms with van der Waals surface area (Å²) in [4.78, 5) is 4.50. The molecule has 114 valence electrons. The summed E-state index contributed by atoms with van der Waals surface area (Å²) in [7, 11) is 0. The Morgan fingerprint density at radius 3 is 2.86 bits per heavy atom. The van der Waals surface area contributed by atoms with Crippen LogP contribution < -0.4 is 5.73 Å². The molecule has 1 fully saturated rings. The Labute approximate surface area is 123 Å². The Balaban J connectivity index is 1.68. The van der Waals surface area contributed by atoms with Gasteiger partial charge in [-0.15, -0.1) is 5.10 Å². The highest BCUT2D eigenvalue weighted by Gasteiger charge is 2.25. The molecule has 0 unspecified atom stereocenters. The molecular weight excluding hydrogens is 268 g/mol. The summed E-state index contributed by atoms with van der Waals surface area (Å²) in [6, 6.07) is 0. The first-order chi connectivity index (χ1) is 10.3. The highest BCUT2D eigenvalue weighted by Crippen LogP contribution is 2.36. The molecule has 7 heteroatoms. The fraction of sp³-hybridized carbons (Fsp3) is 0.714. The van der Waals surface area contributed by atoms with Gasteiger partial charge in [-0.05, 0) is 31.6 Å². The minimum atomic E-state index is 0.421. The topological polar surface area (TPSA) is 95.7 Å². The molecule has 0 spiro atoms. The van der Waals surface area contributed by atoms with E-state index < -0.39 is 0 Å². The van der Waals surface area contributed by atoms with Gasteiger partial charge in [0.25, 0.3) is 5.89 Å². The van der Waals surface area contributed by atoms with Gasteiger partial charge in [0.1, 0.15) is 0 Å². The summed E-state index contributed by atoms with van der Waals surface area (Å²) < 4.78 is 7.03. The normalized spacial score (nSPS) is 22.6. The Morgan fingerprint density at radius 2 is 2.14 bits per heavy atom. The lowest BCUT2D eigenvalue weighted by atomic mass is 9.80. The van der Waals surface area contributed by atoms with E-state index in [0.717, 1.165) is 24.6 Å². The standard InChI is InChI=1S/C14H22N6O/c1-2-10-3-5-11(6-4-10)13-16-14(21-18-13)12-9-20(8-7-15)19-17-12/h9-11H,2-8,15H2,1H3. The molecule has 0 bridgehead atoms. The number of nitrogens with two attached hydrogens (primary N) is 1. The van der Waals surface area contributed by atoms with Crippen LogP contribution in [-0.4, -0.2) is 31.7 Å². The van der Waals surface area contributed by atoms with Crippen molar-refractivity contribution in [2.45, 2.75) is 51.5 Å². The average molecular weight is 290 g/mol. The maximum absolute atomic E-state index is 5.49. The van der Waals surface area contributed by atoms with E-state index in [1.165, 1.54) is 19.3 Å². The van der Waals surface area contributed by atoms with E-state index >= 15 is 0 Å². The van der Waals surface area contributed by atoms with Crippen molar-refractivity contribution in [2.24, 2.45) is 11.7 Å². The molecule has 1 aliphatic rings. The fourth-order valence-corrected chi connectivity index (χ4v) is 2.97. The molecule has 2 N–H and O–H groups in total. The van der Waals surface area contributed by atoms with Gasteiger partial charge < -0.3 is 10.3 Å². The van der Waals surface area contributed by atoms with Crippen LogP contribution in [0.5, 0.6) is 0 Å². The Bertz CT molecular complexity index is 570. The number of hydrogen-bond acceptors (Lipinski definition) is 6. The predicted octanol–water partition coefficient (Wildman–Crippen LogP) is 1.97. The molecular formula is C14H22N6O. The third-order valence-corrected chi connectivity index (χ3v) is 4.35. The zero-order chi connectivity index (χ0) is 14.7. The van der Waals surface area contributed by atoms with E-state index in [4.69, 9.17) is 10.3 Å². The van der Waals surface area contributed by atoms with Gasteiger partial charge in [0.15, 0.2) is 11.5 Å². The summed E-state index contributed by atoms with van der Waals surface area (Å²) in [5.41, 5.74) is 6.11. The SMILES string of the molecule is CCC1CCC(c2noc(-c3cn(CCN)nn3)n2)CC1. The van der Waals surface area contributed by atoms with Crippen molar-refractivity contribution in [3.8, 4) is 11.6 Å². The lowest BCUT2D eigenvalue weighted by Crippen LogP contribution is -2.13. The summed E-state index contributed by atoms with van der Waals surface area (Å²) in [5, 5.41) is 12.2. The van der Waals surface area contributed by atoms with E-state index in [9.17, 15) is 0 Å². The van der Waals surface area contributed by atoms with Crippen LogP contribution in [-0.2, 0) is 6.54 Å². The van der Waals surface area contributed by atoms with E-state index in [1.54, 1.807) is 10.9 Å². The first-order valence-corrected chi connectivity index (χ1v) is 7.74. The van der Waals surface area contributed by atoms with Gasteiger partial charge in [-0.2, -0.15) is 4.98 Å². The molecule has 2 aromatic heterocycles. The van der Waals surface area contributed by atoms with Crippen LogP contribution >= 0.6 is 0 Å². The Hall–Kier alpha value is -1.76. The molecule has 0 saturated heterocycles. The smallest absolute Gasteiger partial charge is 0.280 e. The van der Waals surface area contributed by atoms with Gasteiger partial charge in [-0.1, -0.05) is 23.7 Å². The predicted molar refractivity (Wildman–Crippen MR) is 77.4 cm³/mol. The van der Waals surface area contributed by atoms with Crippen LogP contribution in [0.15, 0.2) is 10.7 Å². The second-order valence-electron chi connectivity index (χ2n) is 5.74. The van der Waals surface area contributed by atoms with Crippen LogP contribution in [0.4, 0.5) is 0 Å². The quantitative estimate of drug-likeness (QED) is 0.904. The molecule has 7 nitrogen and oxygen atoms in total. The van der Waals surface area contributed by atoms with E-state index in [0.29, 0.717) is 30.6 Å². The van der Waals surface area contributed by atoms with Crippen molar-refractivity contribution in [3.63, 3.8) is 0 Å². The Kier molecular flexibility index (Phi) is 4.28. The minimum absolute atomic E-state index is 0.421. The molecule has 0 aromatic carbocycles. The average Bonchev–Trinajstić information content (AvgIpc) is 3.16. The van der Waals surface area contributed by atoms with Crippen LogP contribution in [0.25, 0.3) is 11.6 Å². The maximum Gasteiger partial charge on any atom is 0.280 e. The monoisotopic (exact) mass is 290 g/mol. The second-order valence-corrected chi connectivity index (χ2v) is 5.74. The number of nitrogens with zero attached hydrogens (tertiary/aromatic N) is 5. The minimum Gasteiger partial charge on any atom is -0.332 e.